The Morgan fingerprint density at radius 2 is 1.84 bits per heavy atom. The molecule has 5 rings (SSSR count). The largest absolute Gasteiger partial charge is 0.465 e. The Morgan fingerprint density at radius 1 is 1.09 bits per heavy atom. The molecule has 4 heterocycles. The molecule has 1 atom stereocenters. The van der Waals surface area contributed by atoms with Gasteiger partial charge in [0.1, 0.15) is 11.4 Å². The number of benzene rings is 1. The number of pyridine rings is 1. The van der Waals surface area contributed by atoms with Gasteiger partial charge in [-0.3, -0.25) is 10.00 Å². The molecule has 3 aromatic heterocycles. The molecule has 0 spiro atoms. The minimum atomic E-state index is -5.09. The molecule has 43 heavy (non-hydrogen) atoms. The molecule has 1 aliphatic heterocycles. The molecule has 226 valence electrons. The van der Waals surface area contributed by atoms with Crippen LogP contribution >= 0.6 is 0 Å². The van der Waals surface area contributed by atoms with E-state index in [1.807, 2.05) is 0 Å². The zero-order valence-electron chi connectivity index (χ0n) is 22.2. The fourth-order valence-corrected chi connectivity index (χ4v) is 4.63. The Balaban J connectivity index is 1.75. The van der Waals surface area contributed by atoms with E-state index in [9.17, 15) is 36.2 Å². The fourth-order valence-electron chi connectivity index (χ4n) is 4.63. The van der Waals surface area contributed by atoms with Gasteiger partial charge in [-0.05, 0) is 30.9 Å². The van der Waals surface area contributed by atoms with Gasteiger partial charge in [0.2, 0.25) is 5.60 Å². The van der Waals surface area contributed by atoms with E-state index < -0.39 is 71.5 Å². The Labute approximate surface area is 239 Å². The normalized spacial score (nSPS) is 17.3. The average molecular weight is 608 g/mol. The van der Waals surface area contributed by atoms with E-state index in [1.165, 1.54) is 30.1 Å². The van der Waals surface area contributed by atoms with E-state index in [-0.39, 0.29) is 24.1 Å². The lowest BCUT2D eigenvalue weighted by atomic mass is 9.95. The predicted octanol–water partition coefficient (Wildman–Crippen LogP) is 6.51. The zero-order chi connectivity index (χ0) is 31.0. The third-order valence-corrected chi connectivity index (χ3v) is 6.62. The molecule has 10 nitrogen and oxygen atoms in total. The monoisotopic (exact) mass is 608 g/mol. The Kier molecular flexibility index (Phi) is 7.72. The number of carboxylic acid groups (broad SMARTS) is 1. The lowest BCUT2D eigenvalue weighted by molar-refractivity contribution is -0.299. The number of anilines is 1. The van der Waals surface area contributed by atoms with Crippen molar-refractivity contribution < 1.29 is 45.4 Å². The lowest BCUT2D eigenvalue weighted by Crippen LogP contribution is -2.45. The summed E-state index contributed by atoms with van der Waals surface area (Å²) in [5.74, 6) is -1.80. The average Bonchev–Trinajstić information content (AvgIpc) is 3.56. The third kappa shape index (κ3) is 5.95. The first-order valence-electron chi connectivity index (χ1n) is 12.7. The second kappa shape index (κ2) is 11.2. The summed E-state index contributed by atoms with van der Waals surface area (Å²) in [7, 11) is 1.48. The smallest absolute Gasteiger partial charge is 0.426 e. The molecule has 0 saturated carbocycles. The topological polar surface area (TPSA) is 128 Å². The van der Waals surface area contributed by atoms with Crippen molar-refractivity contribution in [2.75, 3.05) is 5.32 Å². The highest BCUT2D eigenvalue weighted by Gasteiger charge is 2.61. The molecule has 0 aliphatic carbocycles. The molecule has 4 aromatic rings. The van der Waals surface area contributed by atoms with Gasteiger partial charge in [0, 0.05) is 18.8 Å². The summed E-state index contributed by atoms with van der Waals surface area (Å²) >= 11 is 0. The number of rotatable bonds is 4. The van der Waals surface area contributed by atoms with E-state index in [1.54, 1.807) is 35.6 Å². The first-order chi connectivity index (χ1) is 20.3. The first-order valence-corrected chi connectivity index (χ1v) is 12.7. The number of amides is 1. The number of fused-ring (bicyclic) bond motifs is 7. The van der Waals surface area contributed by atoms with Crippen LogP contribution in [0.5, 0.6) is 0 Å². The molecule has 0 radical (unpaired) electrons. The van der Waals surface area contributed by atoms with Crippen LogP contribution in [0, 0.1) is 0 Å². The number of halogens is 6. The molecule has 2 N–H and O–H groups in total. The van der Waals surface area contributed by atoms with Gasteiger partial charge in [-0.15, -0.1) is 10.2 Å². The molecule has 1 amide bonds. The van der Waals surface area contributed by atoms with Crippen LogP contribution in [0.15, 0.2) is 59.2 Å². The van der Waals surface area contributed by atoms with E-state index >= 15 is 0 Å². The predicted molar refractivity (Wildman–Crippen MR) is 137 cm³/mol. The van der Waals surface area contributed by atoms with Crippen LogP contribution in [-0.2, 0) is 36.6 Å². The van der Waals surface area contributed by atoms with Crippen molar-refractivity contribution in [3.8, 4) is 23.0 Å². The number of aryl methyl sites for hydroxylation is 1. The van der Waals surface area contributed by atoms with Gasteiger partial charge in [-0.2, -0.15) is 31.4 Å². The summed E-state index contributed by atoms with van der Waals surface area (Å²) in [5.41, 5.74) is -6.02. The van der Waals surface area contributed by atoms with Crippen LogP contribution in [0.4, 0.5) is 36.8 Å². The summed E-state index contributed by atoms with van der Waals surface area (Å²) in [6.07, 6.45) is -8.36. The molecular formula is C27H22F6N6O4. The van der Waals surface area contributed by atoms with E-state index in [0.717, 1.165) is 0 Å². The maximum absolute atomic E-state index is 14.9. The standard InChI is InChI=1S/C27H22F6N6O4/c1-39-13-16-10-6-3-7-11-25(27(31,32)33,42-14-15-8-4-2-5-9-15)23-37-36-22(43-23)21-18(34-24(40)41)12-17(26(28,29)30)20(35-21)19(16)38-39/h2-6,8-9,12-13,34H,7,10-11,14H2,1H3,(H,40,41). The number of carbonyl (C=O) groups is 1. The number of aromatic nitrogens is 5. The molecule has 1 aromatic carbocycles. The number of hydrogen-bond acceptors (Lipinski definition) is 7. The number of nitrogens with zero attached hydrogens (tertiary/aromatic N) is 5. The fraction of sp³-hybridized carbons (Fsp3) is 0.296. The van der Waals surface area contributed by atoms with E-state index in [4.69, 9.17) is 9.15 Å². The van der Waals surface area contributed by atoms with E-state index in [2.05, 4.69) is 20.3 Å². The zero-order valence-corrected chi connectivity index (χ0v) is 22.2. The van der Waals surface area contributed by atoms with Crippen LogP contribution in [0.3, 0.4) is 0 Å². The highest BCUT2D eigenvalue weighted by Crippen LogP contribution is 2.47. The Hall–Kier alpha value is -4.73. The summed E-state index contributed by atoms with van der Waals surface area (Å²) < 4.78 is 99.6. The minimum Gasteiger partial charge on any atom is -0.465 e. The van der Waals surface area contributed by atoms with Gasteiger partial charge in [0.05, 0.1) is 17.9 Å². The van der Waals surface area contributed by atoms with Crippen molar-refractivity contribution in [2.24, 2.45) is 7.05 Å². The quantitative estimate of drug-likeness (QED) is 0.198. The SMILES string of the molecule is Cn1cc2c(n1)-c1nc(c(NC(=O)O)cc1C(F)(F)F)-c1nnc(o1)C(OCc1ccccc1)(C(F)(F)F)CCC=CC2. The van der Waals surface area contributed by atoms with Crippen molar-refractivity contribution in [3.63, 3.8) is 0 Å². The van der Waals surface area contributed by atoms with Crippen molar-refractivity contribution >= 4 is 11.8 Å². The van der Waals surface area contributed by atoms with Crippen molar-refractivity contribution in [1.29, 1.82) is 0 Å². The van der Waals surface area contributed by atoms with Gasteiger partial charge >= 0.3 is 18.4 Å². The number of alkyl halides is 6. The van der Waals surface area contributed by atoms with Crippen molar-refractivity contribution in [2.45, 2.75) is 43.8 Å². The molecule has 0 fully saturated rings. The second-order valence-electron chi connectivity index (χ2n) is 9.61. The summed E-state index contributed by atoms with van der Waals surface area (Å²) in [5, 5.41) is 22.5. The summed E-state index contributed by atoms with van der Waals surface area (Å²) in [6, 6.07) is 8.51. The Bertz CT molecular complexity index is 1660. The number of ether oxygens (including phenoxy) is 1. The van der Waals surface area contributed by atoms with E-state index in [0.29, 0.717) is 11.6 Å². The van der Waals surface area contributed by atoms with Gasteiger partial charge in [-0.25, -0.2) is 9.78 Å². The summed E-state index contributed by atoms with van der Waals surface area (Å²) in [6.45, 7) is -0.491. The van der Waals surface area contributed by atoms with Crippen molar-refractivity contribution in [1.82, 2.24) is 25.0 Å². The van der Waals surface area contributed by atoms with Crippen LogP contribution in [-0.4, -0.2) is 42.3 Å². The van der Waals surface area contributed by atoms with Crippen molar-refractivity contribution in [3.05, 3.63) is 77.3 Å². The first kappa shape index (κ1) is 29.8. The Morgan fingerprint density at radius 3 is 2.51 bits per heavy atom. The highest BCUT2D eigenvalue weighted by molar-refractivity contribution is 5.89. The second-order valence-corrected chi connectivity index (χ2v) is 9.61. The van der Waals surface area contributed by atoms with Gasteiger partial charge in [-0.1, -0.05) is 42.5 Å². The molecule has 1 aliphatic rings. The van der Waals surface area contributed by atoms with Crippen LogP contribution in [0.1, 0.15) is 35.4 Å². The van der Waals surface area contributed by atoms with Crippen LogP contribution < -0.4 is 5.32 Å². The highest BCUT2D eigenvalue weighted by atomic mass is 19.4. The molecule has 16 heteroatoms. The minimum absolute atomic E-state index is 0.00882. The lowest BCUT2D eigenvalue weighted by Gasteiger charge is -2.32. The molecule has 4 bridgehead atoms. The number of allylic oxidation sites excluding steroid dienone is 2. The molecule has 1 unspecified atom stereocenters. The summed E-state index contributed by atoms with van der Waals surface area (Å²) in [4.78, 5) is 15.5. The van der Waals surface area contributed by atoms with Crippen LogP contribution in [0.2, 0.25) is 0 Å². The maximum Gasteiger partial charge on any atom is 0.426 e. The van der Waals surface area contributed by atoms with Gasteiger partial charge in [0.25, 0.3) is 11.8 Å². The number of nitrogens with one attached hydrogen (secondary N) is 1. The van der Waals surface area contributed by atoms with Crippen LogP contribution in [0.25, 0.3) is 23.0 Å². The van der Waals surface area contributed by atoms with Gasteiger partial charge in [0.15, 0.2) is 5.69 Å². The number of hydrogen-bond donors (Lipinski definition) is 2. The molecular weight excluding hydrogens is 586 g/mol. The maximum atomic E-state index is 14.9. The molecule has 0 saturated heterocycles. The third-order valence-electron chi connectivity index (χ3n) is 6.62. The van der Waals surface area contributed by atoms with Gasteiger partial charge < -0.3 is 14.3 Å².